The molecule has 1 N–H and O–H groups in total. The average molecular weight is 263 g/mol. The summed E-state index contributed by atoms with van der Waals surface area (Å²) in [6.45, 7) is 8.29. The van der Waals surface area contributed by atoms with Gasteiger partial charge in [-0.15, -0.1) is 0 Å². The van der Waals surface area contributed by atoms with Crippen molar-refractivity contribution in [2.24, 2.45) is 5.10 Å². The summed E-state index contributed by atoms with van der Waals surface area (Å²) in [5, 5.41) is 3.81. The van der Waals surface area contributed by atoms with Gasteiger partial charge in [-0.3, -0.25) is 0 Å². The van der Waals surface area contributed by atoms with E-state index in [2.05, 4.69) is 34.0 Å². The highest BCUT2D eigenvalue weighted by Crippen LogP contribution is 2.13. The van der Waals surface area contributed by atoms with Gasteiger partial charge in [-0.05, 0) is 38.5 Å². The summed E-state index contributed by atoms with van der Waals surface area (Å²) in [7, 11) is 0. The summed E-state index contributed by atoms with van der Waals surface area (Å²) in [6.07, 6.45) is 1.04. The molecule has 104 valence electrons. The molecule has 0 fully saturated rings. The van der Waals surface area contributed by atoms with Crippen LogP contribution in [0.4, 0.5) is 10.5 Å². The van der Waals surface area contributed by atoms with Crippen molar-refractivity contribution in [1.82, 2.24) is 5.43 Å². The summed E-state index contributed by atoms with van der Waals surface area (Å²) in [5.74, 6) is 0. The Balaban J connectivity index is 2.57. The highest BCUT2D eigenvalue weighted by Gasteiger charge is 2.00. The molecule has 1 amide bonds. The Morgan fingerprint density at radius 2 is 1.89 bits per heavy atom. The molecule has 0 bridgehead atoms. The van der Waals surface area contributed by atoms with Gasteiger partial charge in [0, 0.05) is 18.8 Å². The monoisotopic (exact) mass is 263 g/mol. The fraction of sp³-hybridized carbons (Fsp3) is 0.429. The maximum Gasteiger partial charge on any atom is 0.427 e. The number of nitrogens with zero attached hydrogens (tertiary/aromatic N) is 2. The molecule has 5 nitrogen and oxygen atoms in total. The normalized spacial score (nSPS) is 10.5. The molecule has 1 rings (SSSR count). The Morgan fingerprint density at radius 3 is 2.42 bits per heavy atom. The van der Waals surface area contributed by atoms with E-state index in [1.165, 1.54) is 5.69 Å². The molecule has 1 aromatic carbocycles. The smallest absolute Gasteiger partial charge is 0.427 e. The third-order valence-electron chi connectivity index (χ3n) is 2.67. The van der Waals surface area contributed by atoms with Crippen LogP contribution in [0, 0.1) is 0 Å². The summed E-state index contributed by atoms with van der Waals surface area (Å²) >= 11 is 0. The fourth-order valence-corrected chi connectivity index (χ4v) is 1.68. The molecule has 0 saturated heterocycles. The van der Waals surface area contributed by atoms with E-state index in [4.69, 9.17) is 0 Å². The first kappa shape index (κ1) is 15.0. The van der Waals surface area contributed by atoms with Gasteiger partial charge in [-0.25, -0.2) is 10.2 Å². The minimum Gasteiger partial charge on any atom is -0.449 e. The number of ether oxygens (including phenoxy) is 1. The third kappa shape index (κ3) is 4.99. The Bertz CT molecular complexity index is 411. The van der Waals surface area contributed by atoms with Crippen molar-refractivity contribution in [2.45, 2.75) is 20.8 Å². The molecule has 0 aliphatic heterocycles. The van der Waals surface area contributed by atoms with Crippen LogP contribution in [-0.4, -0.2) is 32.0 Å². The zero-order valence-corrected chi connectivity index (χ0v) is 11.7. The predicted molar refractivity (Wildman–Crippen MR) is 77.8 cm³/mol. The molecule has 0 saturated carbocycles. The van der Waals surface area contributed by atoms with Crippen molar-refractivity contribution in [3.63, 3.8) is 0 Å². The molecule has 0 radical (unpaired) electrons. The lowest BCUT2D eigenvalue weighted by Crippen LogP contribution is -2.21. The van der Waals surface area contributed by atoms with E-state index >= 15 is 0 Å². The van der Waals surface area contributed by atoms with Gasteiger partial charge in [0.25, 0.3) is 0 Å². The lowest BCUT2D eigenvalue weighted by molar-refractivity contribution is 0.152. The molecule has 0 aromatic heterocycles. The summed E-state index contributed by atoms with van der Waals surface area (Å²) in [4.78, 5) is 13.3. The van der Waals surface area contributed by atoms with Crippen molar-refractivity contribution < 1.29 is 9.53 Å². The Morgan fingerprint density at radius 1 is 1.26 bits per heavy atom. The third-order valence-corrected chi connectivity index (χ3v) is 2.67. The molecule has 5 heteroatoms. The van der Waals surface area contributed by atoms with E-state index in [9.17, 15) is 4.79 Å². The quantitative estimate of drug-likeness (QED) is 0.634. The Labute approximate surface area is 114 Å². The number of nitrogens with one attached hydrogen (secondary N) is 1. The lowest BCUT2D eigenvalue weighted by atomic mass is 10.2. The molecule has 0 aliphatic carbocycles. The zero-order chi connectivity index (χ0) is 14.1. The standard InChI is InChI=1S/C14H21N3O2/c1-4-17(5-2)13-9-7-12(8-10-13)11-15-16-14(18)19-6-3/h7-11H,4-6H2,1-3H3,(H,16,18)/b15-11-. The molecular weight excluding hydrogens is 242 g/mol. The molecule has 0 atom stereocenters. The topological polar surface area (TPSA) is 53.9 Å². The van der Waals surface area contributed by atoms with Gasteiger partial charge in [-0.1, -0.05) is 12.1 Å². The van der Waals surface area contributed by atoms with Crippen molar-refractivity contribution in [3.05, 3.63) is 29.8 Å². The summed E-state index contributed by atoms with van der Waals surface area (Å²) in [5.41, 5.74) is 4.39. The van der Waals surface area contributed by atoms with Gasteiger partial charge in [-0.2, -0.15) is 5.10 Å². The first-order valence-corrected chi connectivity index (χ1v) is 6.52. The Kier molecular flexibility index (Phi) is 6.43. The van der Waals surface area contributed by atoms with Crippen molar-refractivity contribution in [1.29, 1.82) is 0 Å². The molecule has 0 unspecified atom stereocenters. The number of rotatable bonds is 6. The van der Waals surface area contributed by atoms with Gasteiger partial charge in [0.1, 0.15) is 0 Å². The number of benzene rings is 1. The van der Waals surface area contributed by atoms with Gasteiger partial charge < -0.3 is 9.64 Å². The second kappa shape index (κ2) is 8.13. The number of anilines is 1. The minimum absolute atomic E-state index is 0.333. The lowest BCUT2D eigenvalue weighted by Gasteiger charge is -2.20. The van der Waals surface area contributed by atoms with Crippen LogP contribution >= 0.6 is 0 Å². The number of carbonyl (C=O) groups excluding carboxylic acids is 1. The largest absolute Gasteiger partial charge is 0.449 e. The minimum atomic E-state index is -0.543. The van der Waals surface area contributed by atoms with E-state index < -0.39 is 6.09 Å². The number of carbonyl (C=O) groups is 1. The SMILES string of the molecule is CCOC(=O)N/N=C\c1ccc(N(CC)CC)cc1. The maximum absolute atomic E-state index is 11.0. The van der Waals surface area contributed by atoms with Crippen LogP contribution < -0.4 is 10.3 Å². The Hall–Kier alpha value is -2.04. The van der Waals surface area contributed by atoms with Crippen molar-refractivity contribution >= 4 is 18.0 Å². The second-order valence-electron chi connectivity index (χ2n) is 3.85. The predicted octanol–water partition coefficient (Wildman–Crippen LogP) is 2.61. The van der Waals surface area contributed by atoms with E-state index in [1.54, 1.807) is 13.1 Å². The summed E-state index contributed by atoms with van der Waals surface area (Å²) in [6, 6.07) is 8.01. The average Bonchev–Trinajstić information content (AvgIpc) is 2.42. The molecular formula is C14H21N3O2. The highest BCUT2D eigenvalue weighted by molar-refractivity contribution is 5.81. The number of amides is 1. The molecule has 0 aliphatic rings. The molecule has 0 heterocycles. The second-order valence-corrected chi connectivity index (χ2v) is 3.85. The van der Waals surface area contributed by atoms with Crippen LogP contribution in [0.25, 0.3) is 0 Å². The van der Waals surface area contributed by atoms with Crippen LogP contribution in [0.1, 0.15) is 26.3 Å². The summed E-state index contributed by atoms with van der Waals surface area (Å²) < 4.78 is 4.69. The van der Waals surface area contributed by atoms with Crippen LogP contribution in [-0.2, 0) is 4.74 Å². The fourth-order valence-electron chi connectivity index (χ4n) is 1.68. The first-order chi connectivity index (χ1) is 9.21. The van der Waals surface area contributed by atoms with Crippen molar-refractivity contribution in [2.75, 3.05) is 24.6 Å². The van der Waals surface area contributed by atoms with Gasteiger partial charge in [0.2, 0.25) is 0 Å². The van der Waals surface area contributed by atoms with E-state index in [-0.39, 0.29) is 0 Å². The van der Waals surface area contributed by atoms with Crippen molar-refractivity contribution in [3.8, 4) is 0 Å². The van der Waals surface area contributed by atoms with E-state index in [0.29, 0.717) is 6.61 Å². The van der Waals surface area contributed by atoms with Crippen LogP contribution in [0.15, 0.2) is 29.4 Å². The van der Waals surface area contributed by atoms with Crippen LogP contribution in [0.3, 0.4) is 0 Å². The first-order valence-electron chi connectivity index (χ1n) is 6.52. The van der Waals surface area contributed by atoms with Gasteiger partial charge in [0.15, 0.2) is 0 Å². The number of hydrazone groups is 1. The van der Waals surface area contributed by atoms with Crippen LogP contribution in [0.5, 0.6) is 0 Å². The highest BCUT2D eigenvalue weighted by atomic mass is 16.5. The number of hydrogen-bond acceptors (Lipinski definition) is 4. The van der Waals surface area contributed by atoms with E-state index in [0.717, 1.165) is 18.7 Å². The molecule has 19 heavy (non-hydrogen) atoms. The van der Waals surface area contributed by atoms with E-state index in [1.807, 2.05) is 24.3 Å². The van der Waals surface area contributed by atoms with Gasteiger partial charge >= 0.3 is 6.09 Å². The van der Waals surface area contributed by atoms with Gasteiger partial charge in [0.05, 0.1) is 12.8 Å². The molecule has 0 spiro atoms. The maximum atomic E-state index is 11.0. The molecule has 1 aromatic rings. The van der Waals surface area contributed by atoms with Crippen LogP contribution in [0.2, 0.25) is 0 Å². The zero-order valence-electron chi connectivity index (χ0n) is 11.7. The number of hydrogen-bond donors (Lipinski definition) is 1.